The first-order valence-corrected chi connectivity index (χ1v) is 12.2. The van der Waals surface area contributed by atoms with E-state index < -0.39 is 0 Å². The Morgan fingerprint density at radius 3 is 2.88 bits per heavy atom. The molecule has 4 rings (SSSR count). The second-order valence-electron chi connectivity index (χ2n) is 9.33. The number of amides is 1. The van der Waals surface area contributed by atoms with Crippen LogP contribution < -0.4 is 21.3 Å². The van der Waals surface area contributed by atoms with E-state index >= 15 is 0 Å². The van der Waals surface area contributed by atoms with Crippen LogP contribution in [0.4, 0.5) is 0 Å². The smallest absolute Gasteiger partial charge is 0.224 e. The van der Waals surface area contributed by atoms with Crippen LogP contribution in [0.2, 0.25) is 0 Å². The van der Waals surface area contributed by atoms with Gasteiger partial charge in [-0.3, -0.25) is 4.79 Å². The van der Waals surface area contributed by atoms with Gasteiger partial charge in [0.05, 0.1) is 17.8 Å². The summed E-state index contributed by atoms with van der Waals surface area (Å²) in [6.07, 6.45) is 11.1. The standard InChI is InChI=1S/C27H36N6O/c1-17-4-5-19(15-26(34)29-3)14-25(17)32-24-10-13-31-27(18(2)33-28)22-7-6-21(16-23(22)24)20-8-11-30-12-9-20/h4-8,14,16-17,24-25,28,30-32H,9-13,15H2,1-3H3,(H,29,34)/b27-18-,33-28?. The van der Waals surface area contributed by atoms with Crippen LogP contribution in [0.3, 0.4) is 0 Å². The Kier molecular flexibility index (Phi) is 7.75. The molecule has 0 saturated heterocycles. The molecule has 3 aliphatic rings. The van der Waals surface area contributed by atoms with Gasteiger partial charge in [0.2, 0.25) is 5.91 Å². The largest absolute Gasteiger partial charge is 0.383 e. The molecule has 0 spiro atoms. The van der Waals surface area contributed by atoms with Crippen molar-refractivity contribution in [3.05, 3.63) is 70.5 Å². The fraction of sp³-hybridized carbons (Fsp3) is 0.444. The van der Waals surface area contributed by atoms with Crippen LogP contribution in [0, 0.1) is 11.4 Å². The minimum absolute atomic E-state index is 0.0255. The number of hydrogen-bond donors (Lipinski definition) is 5. The monoisotopic (exact) mass is 460 g/mol. The fourth-order valence-corrected chi connectivity index (χ4v) is 4.96. The summed E-state index contributed by atoms with van der Waals surface area (Å²) in [5, 5.41) is 17.3. The Hall–Kier alpha value is -3.03. The number of rotatable bonds is 6. The van der Waals surface area contributed by atoms with Crippen LogP contribution in [-0.2, 0) is 4.79 Å². The highest BCUT2D eigenvalue weighted by atomic mass is 16.1. The fourth-order valence-electron chi connectivity index (χ4n) is 4.96. The molecule has 0 saturated carbocycles. The molecule has 2 aliphatic heterocycles. The molecule has 0 bridgehead atoms. The van der Waals surface area contributed by atoms with Gasteiger partial charge >= 0.3 is 0 Å². The zero-order valence-corrected chi connectivity index (χ0v) is 20.4. The molecule has 180 valence electrons. The second kappa shape index (κ2) is 10.9. The lowest BCUT2D eigenvalue weighted by Crippen LogP contribution is -2.38. The van der Waals surface area contributed by atoms with Crippen LogP contribution >= 0.6 is 0 Å². The van der Waals surface area contributed by atoms with Crippen LogP contribution in [-0.4, -0.2) is 38.6 Å². The number of carbonyl (C=O) groups excluding carboxylic acids is 1. The molecule has 7 nitrogen and oxygen atoms in total. The van der Waals surface area contributed by atoms with Gasteiger partial charge in [0.1, 0.15) is 0 Å². The summed E-state index contributed by atoms with van der Waals surface area (Å²) in [5.74, 6) is 0.348. The molecule has 0 fully saturated rings. The van der Waals surface area contributed by atoms with E-state index in [1.54, 1.807) is 7.05 Å². The third-order valence-corrected chi connectivity index (χ3v) is 7.01. The number of allylic oxidation sites excluding steroid dienone is 2. The minimum atomic E-state index is 0.0255. The zero-order chi connectivity index (χ0) is 24.1. The average Bonchev–Trinajstić information content (AvgIpc) is 3.05. The normalized spacial score (nSPS) is 25.8. The lowest BCUT2D eigenvalue weighted by molar-refractivity contribution is -0.119. The number of nitrogens with zero attached hydrogens (tertiary/aromatic N) is 1. The Morgan fingerprint density at radius 1 is 1.29 bits per heavy atom. The van der Waals surface area contributed by atoms with Crippen molar-refractivity contribution in [3.63, 3.8) is 0 Å². The molecule has 0 aromatic heterocycles. The van der Waals surface area contributed by atoms with E-state index in [0.29, 0.717) is 18.0 Å². The van der Waals surface area contributed by atoms with Gasteiger partial charge < -0.3 is 21.3 Å². The van der Waals surface area contributed by atoms with E-state index in [0.717, 1.165) is 49.3 Å². The zero-order valence-electron chi connectivity index (χ0n) is 20.4. The summed E-state index contributed by atoms with van der Waals surface area (Å²) in [7, 11) is 1.68. The van der Waals surface area contributed by atoms with Gasteiger partial charge in [0.15, 0.2) is 0 Å². The average molecular weight is 461 g/mol. The van der Waals surface area contributed by atoms with E-state index in [2.05, 4.69) is 75.8 Å². The minimum Gasteiger partial charge on any atom is -0.383 e. The van der Waals surface area contributed by atoms with Crippen molar-refractivity contribution in [2.24, 2.45) is 11.0 Å². The molecule has 1 aromatic rings. The van der Waals surface area contributed by atoms with Crippen molar-refractivity contribution in [1.82, 2.24) is 21.3 Å². The molecule has 1 aliphatic carbocycles. The summed E-state index contributed by atoms with van der Waals surface area (Å²) in [6, 6.07) is 6.98. The van der Waals surface area contributed by atoms with Crippen LogP contribution in [0.1, 0.15) is 55.8 Å². The van der Waals surface area contributed by atoms with Crippen LogP contribution in [0.25, 0.3) is 11.3 Å². The van der Waals surface area contributed by atoms with E-state index in [-0.39, 0.29) is 18.0 Å². The maximum atomic E-state index is 11.9. The van der Waals surface area contributed by atoms with Crippen LogP contribution in [0.15, 0.2) is 58.9 Å². The summed E-state index contributed by atoms with van der Waals surface area (Å²) in [5.41, 5.74) is 15.2. The van der Waals surface area contributed by atoms with E-state index in [9.17, 15) is 4.79 Å². The first-order chi connectivity index (χ1) is 16.5. The number of nitrogens with one attached hydrogen (secondary N) is 5. The molecule has 1 amide bonds. The van der Waals surface area contributed by atoms with Crippen molar-refractivity contribution < 1.29 is 4.79 Å². The van der Waals surface area contributed by atoms with Crippen molar-refractivity contribution in [2.75, 3.05) is 26.7 Å². The topological polar surface area (TPSA) is 101 Å². The van der Waals surface area contributed by atoms with Gasteiger partial charge in [0, 0.05) is 37.8 Å². The lowest BCUT2D eigenvalue weighted by atomic mass is 9.88. The van der Waals surface area contributed by atoms with Gasteiger partial charge in [-0.15, -0.1) is 0 Å². The van der Waals surface area contributed by atoms with Crippen molar-refractivity contribution in [2.45, 2.75) is 45.2 Å². The Morgan fingerprint density at radius 2 is 2.15 bits per heavy atom. The second-order valence-corrected chi connectivity index (χ2v) is 9.33. The summed E-state index contributed by atoms with van der Waals surface area (Å²) in [4.78, 5) is 11.9. The molecular weight excluding hydrogens is 424 g/mol. The van der Waals surface area contributed by atoms with Crippen molar-refractivity contribution in [3.8, 4) is 0 Å². The summed E-state index contributed by atoms with van der Waals surface area (Å²) in [6.45, 7) is 6.80. The maximum Gasteiger partial charge on any atom is 0.224 e. The molecular formula is C27H36N6O. The Bertz CT molecular complexity index is 1070. The number of carbonyl (C=O) groups is 1. The third-order valence-electron chi connectivity index (χ3n) is 7.01. The molecule has 1 aromatic carbocycles. The van der Waals surface area contributed by atoms with E-state index in [1.807, 2.05) is 6.92 Å². The Labute approximate surface area is 202 Å². The summed E-state index contributed by atoms with van der Waals surface area (Å²) >= 11 is 0. The van der Waals surface area contributed by atoms with Gasteiger partial charge in [-0.2, -0.15) is 5.11 Å². The van der Waals surface area contributed by atoms with E-state index in [4.69, 9.17) is 5.53 Å². The first-order valence-electron chi connectivity index (χ1n) is 12.2. The van der Waals surface area contributed by atoms with Gasteiger partial charge in [-0.25, -0.2) is 5.53 Å². The number of hydrogen-bond acceptors (Lipinski definition) is 6. The SMILES string of the molecule is CNC(=O)CC1=CC(NC2CCN/C(=C(/C)N=N)c3ccc(C4=CCNCC4)cc32)C(C)C=C1. The summed E-state index contributed by atoms with van der Waals surface area (Å²) < 4.78 is 0. The van der Waals surface area contributed by atoms with Crippen LogP contribution in [0.5, 0.6) is 0 Å². The Balaban J connectivity index is 1.70. The third kappa shape index (κ3) is 5.37. The quantitative estimate of drug-likeness (QED) is 0.414. The van der Waals surface area contributed by atoms with Gasteiger partial charge in [-0.1, -0.05) is 43.4 Å². The highest BCUT2D eigenvalue weighted by Crippen LogP contribution is 2.35. The van der Waals surface area contributed by atoms with Gasteiger partial charge in [0.25, 0.3) is 0 Å². The number of benzene rings is 1. The van der Waals surface area contributed by atoms with Crippen molar-refractivity contribution >= 4 is 17.2 Å². The number of fused-ring (bicyclic) bond motifs is 1. The highest BCUT2D eigenvalue weighted by Gasteiger charge is 2.27. The maximum absolute atomic E-state index is 11.9. The molecule has 2 heterocycles. The van der Waals surface area contributed by atoms with E-state index in [1.165, 1.54) is 16.7 Å². The van der Waals surface area contributed by atoms with Gasteiger partial charge in [-0.05, 0) is 60.6 Å². The molecule has 3 atom stereocenters. The first kappa shape index (κ1) is 24.1. The molecule has 34 heavy (non-hydrogen) atoms. The molecule has 7 heteroatoms. The van der Waals surface area contributed by atoms with Crippen molar-refractivity contribution in [1.29, 1.82) is 5.53 Å². The molecule has 0 radical (unpaired) electrons. The molecule has 5 N–H and O–H groups in total. The lowest BCUT2D eigenvalue weighted by Gasteiger charge is -2.30. The highest BCUT2D eigenvalue weighted by molar-refractivity contribution is 5.79. The predicted octanol–water partition coefficient (Wildman–Crippen LogP) is 4.04. The molecule has 3 unspecified atom stereocenters. The predicted molar refractivity (Wildman–Crippen MR) is 137 cm³/mol.